The molecule has 0 N–H and O–H groups in total. The normalized spacial score (nSPS) is 14.8. The van der Waals surface area contributed by atoms with E-state index < -0.39 is 16.3 Å². The van der Waals surface area contributed by atoms with Gasteiger partial charge in [0.1, 0.15) is 0 Å². The summed E-state index contributed by atoms with van der Waals surface area (Å²) in [6.07, 6.45) is 12.8. The molecule has 0 saturated heterocycles. The van der Waals surface area contributed by atoms with Gasteiger partial charge in [0, 0.05) is 47.7 Å². The monoisotopic (exact) mass is 662 g/mol. The Bertz CT molecular complexity index is 2010. The van der Waals surface area contributed by atoms with Crippen LogP contribution in [0.1, 0.15) is 99.3 Å². The van der Waals surface area contributed by atoms with E-state index >= 15 is 0 Å². The van der Waals surface area contributed by atoms with Crippen molar-refractivity contribution >= 4 is 34.9 Å². The highest BCUT2D eigenvalue weighted by atomic mass is 16.2. The Balaban J connectivity index is 1.34. The van der Waals surface area contributed by atoms with Crippen LogP contribution in [0.3, 0.4) is 0 Å². The summed E-state index contributed by atoms with van der Waals surface area (Å²) in [7, 11) is 0. The third kappa shape index (κ3) is 6.15. The molecule has 0 bridgehead atoms. The van der Waals surface area contributed by atoms with E-state index in [0.29, 0.717) is 0 Å². The second-order valence-electron chi connectivity index (χ2n) is 13.8. The topological polar surface area (TPSA) is 57.7 Å². The summed E-state index contributed by atoms with van der Waals surface area (Å²) in [5, 5.41) is -0.0515. The Kier molecular flexibility index (Phi) is 9.93. The number of unbranched alkanes of at least 4 members (excludes halogenated alkanes) is 6. The fraction of sp³-hybridized carbons (Fsp3) is 0.311. The zero-order valence-corrected chi connectivity index (χ0v) is 29.2. The van der Waals surface area contributed by atoms with Crippen LogP contribution in [-0.4, -0.2) is 13.1 Å². The van der Waals surface area contributed by atoms with Crippen LogP contribution in [0, 0.1) is 0 Å². The molecule has 2 heterocycles. The predicted octanol–water partition coefficient (Wildman–Crippen LogP) is 7.93. The van der Waals surface area contributed by atoms with E-state index in [-0.39, 0.29) is 22.3 Å². The van der Waals surface area contributed by atoms with Gasteiger partial charge in [-0.25, -0.2) is 0 Å². The number of benzene rings is 4. The van der Waals surface area contributed by atoms with Crippen LogP contribution in [0.15, 0.2) is 111 Å². The zero-order valence-electron chi connectivity index (χ0n) is 29.2. The van der Waals surface area contributed by atoms with Crippen molar-refractivity contribution in [1.82, 2.24) is 0 Å². The lowest BCUT2D eigenvalue weighted by Crippen LogP contribution is -2.38. The molecule has 0 aromatic heterocycles. The van der Waals surface area contributed by atoms with Gasteiger partial charge in [-0.3, -0.25) is 14.4 Å². The quantitative estimate of drug-likeness (QED) is 0.100. The van der Waals surface area contributed by atoms with E-state index in [1.54, 1.807) is 12.2 Å². The highest BCUT2D eigenvalue weighted by Gasteiger charge is 2.31. The van der Waals surface area contributed by atoms with Crippen LogP contribution in [0.2, 0.25) is 0 Å². The summed E-state index contributed by atoms with van der Waals surface area (Å²) in [6.45, 7) is 6.22. The number of hydrogen-bond donors (Lipinski definition) is 0. The Morgan fingerprint density at radius 2 is 0.760 bits per heavy atom. The first-order valence-corrected chi connectivity index (χ1v) is 18.5. The van der Waals surface area contributed by atoms with Gasteiger partial charge in [-0.15, -0.1) is 0 Å². The third-order valence-corrected chi connectivity index (χ3v) is 10.6. The van der Waals surface area contributed by atoms with E-state index in [9.17, 15) is 14.4 Å². The molecule has 254 valence electrons. The van der Waals surface area contributed by atoms with Crippen LogP contribution in [0.5, 0.6) is 0 Å². The summed E-state index contributed by atoms with van der Waals surface area (Å²) >= 11 is 0. The first kappa shape index (κ1) is 33.5. The van der Waals surface area contributed by atoms with E-state index in [1.807, 2.05) is 48.5 Å². The molecule has 0 amide bonds. The molecule has 0 fully saturated rings. The first-order chi connectivity index (χ1) is 24.5. The van der Waals surface area contributed by atoms with Gasteiger partial charge in [0.15, 0.2) is 0 Å². The molecule has 0 radical (unpaired) electrons. The second kappa shape index (κ2) is 14.8. The lowest BCUT2D eigenvalue weighted by molar-refractivity contribution is 0.665. The van der Waals surface area contributed by atoms with Crippen molar-refractivity contribution in [2.75, 3.05) is 22.9 Å². The fourth-order valence-corrected chi connectivity index (χ4v) is 8.05. The molecule has 0 aliphatic carbocycles. The molecule has 7 rings (SSSR count). The van der Waals surface area contributed by atoms with E-state index in [2.05, 4.69) is 72.2 Å². The number of fused-ring (bicyclic) bond motifs is 4. The number of rotatable bonds is 12. The molecule has 2 aliphatic rings. The van der Waals surface area contributed by atoms with Gasteiger partial charge in [0.05, 0.1) is 10.4 Å². The Morgan fingerprint density at radius 3 is 1.08 bits per heavy atom. The van der Waals surface area contributed by atoms with Gasteiger partial charge >= 0.3 is 0 Å². The fourth-order valence-electron chi connectivity index (χ4n) is 8.05. The minimum Gasteiger partial charge on any atom is -0.341 e. The van der Waals surface area contributed by atoms with Crippen LogP contribution in [-0.2, 0) is 0 Å². The smallest absolute Gasteiger partial charge is 0.237 e. The molecular formula is C45H46N2O3. The zero-order chi connectivity index (χ0) is 34.6. The van der Waals surface area contributed by atoms with Crippen molar-refractivity contribution in [2.45, 2.75) is 77.0 Å². The van der Waals surface area contributed by atoms with Gasteiger partial charge in [-0.05, 0) is 59.4 Å². The van der Waals surface area contributed by atoms with Crippen molar-refractivity contribution in [1.29, 1.82) is 0 Å². The van der Waals surface area contributed by atoms with Crippen LogP contribution in [0.25, 0.3) is 12.2 Å². The number of para-hydroxylation sites is 4. The Labute approximate surface area is 294 Å². The number of hydrogen-bond acceptors (Lipinski definition) is 5. The van der Waals surface area contributed by atoms with Gasteiger partial charge in [-0.2, -0.15) is 0 Å². The summed E-state index contributed by atoms with van der Waals surface area (Å²) in [5.74, 6) is -0.663. The second-order valence-corrected chi connectivity index (χ2v) is 13.8. The lowest BCUT2D eigenvalue weighted by atomic mass is 9.84. The first-order valence-electron chi connectivity index (χ1n) is 18.5. The van der Waals surface area contributed by atoms with Crippen molar-refractivity contribution in [3.63, 3.8) is 0 Å². The summed E-state index contributed by atoms with van der Waals surface area (Å²) < 4.78 is 0. The average molecular weight is 663 g/mol. The largest absolute Gasteiger partial charge is 0.341 e. The van der Waals surface area contributed by atoms with E-state index in [1.165, 1.54) is 25.7 Å². The maximum absolute atomic E-state index is 14.3. The van der Waals surface area contributed by atoms with Gasteiger partial charge in [0.25, 0.3) is 0 Å². The molecule has 0 atom stereocenters. The standard InChI is InChI=1S/C45H46N2O3/c1-3-5-7-17-27-46-39-23-13-9-19-31(39)35(32-20-10-14-24-40(32)46)29-37-43(48)38(45(50)44(37)49)30-36-33-21-11-15-25-41(33)47(28-18-8-6-4-2)42-26-16-12-22-34(36)42/h9-16,19-26,29-30,35-36H,3-8,17-18,27-28H2,1-2H3. The molecule has 50 heavy (non-hydrogen) atoms. The third-order valence-electron chi connectivity index (χ3n) is 10.6. The Hall–Kier alpha value is -5.03. The highest BCUT2D eigenvalue weighted by Crippen LogP contribution is 2.47. The number of nitrogens with zero attached hydrogens (tertiary/aromatic N) is 2. The molecule has 0 unspecified atom stereocenters. The molecular weight excluding hydrogens is 617 g/mol. The molecule has 0 saturated carbocycles. The van der Waals surface area contributed by atoms with E-state index in [4.69, 9.17) is 0 Å². The molecule has 5 heteroatoms. The maximum Gasteiger partial charge on any atom is 0.237 e. The van der Waals surface area contributed by atoms with Crippen molar-refractivity contribution in [3.05, 3.63) is 160 Å². The van der Waals surface area contributed by atoms with Crippen molar-refractivity contribution in [3.8, 4) is 0 Å². The number of anilines is 4. The van der Waals surface area contributed by atoms with Crippen LogP contribution in [0.4, 0.5) is 22.7 Å². The molecule has 5 nitrogen and oxygen atoms in total. The molecule has 0 spiro atoms. The molecule has 5 aromatic carbocycles. The van der Waals surface area contributed by atoms with Crippen LogP contribution < -0.4 is 36.5 Å². The van der Waals surface area contributed by atoms with Gasteiger partial charge < -0.3 is 9.80 Å². The highest BCUT2D eigenvalue weighted by molar-refractivity contribution is 5.80. The summed E-state index contributed by atoms with van der Waals surface area (Å²) in [5.41, 5.74) is 6.57. The maximum atomic E-state index is 14.3. The minimum atomic E-state index is -0.715. The minimum absolute atomic E-state index is 0.0258. The van der Waals surface area contributed by atoms with E-state index in [0.717, 1.165) is 83.8 Å². The SMILES string of the molecule is CCCCCCN1c2ccccc2C(C=c2c(=O)c(=O)c(=CC3c4ccccc4N(CCCCCC)c4ccccc43)c2=O)c2ccccc21. The summed E-state index contributed by atoms with van der Waals surface area (Å²) in [6, 6.07) is 33.0. The van der Waals surface area contributed by atoms with Crippen LogP contribution >= 0.6 is 0 Å². The lowest BCUT2D eigenvalue weighted by Gasteiger charge is -2.37. The average Bonchev–Trinajstić information content (AvgIpc) is 3.35. The summed E-state index contributed by atoms with van der Waals surface area (Å²) in [4.78, 5) is 46.5. The predicted molar refractivity (Wildman–Crippen MR) is 208 cm³/mol. The van der Waals surface area contributed by atoms with Crippen molar-refractivity contribution < 1.29 is 0 Å². The Morgan fingerprint density at radius 1 is 0.440 bits per heavy atom. The van der Waals surface area contributed by atoms with Gasteiger partial charge in [-0.1, -0.05) is 137 Å². The molecule has 5 aromatic rings. The molecule has 2 aliphatic heterocycles. The van der Waals surface area contributed by atoms with Gasteiger partial charge in [0.2, 0.25) is 16.3 Å². The van der Waals surface area contributed by atoms with Crippen molar-refractivity contribution in [2.24, 2.45) is 0 Å².